The van der Waals surface area contributed by atoms with Crippen LogP contribution in [0.2, 0.25) is 10.0 Å². The molecule has 0 bridgehead atoms. The molecule has 0 unspecified atom stereocenters. The number of carbonyl (C=O) groups excluding carboxylic acids is 1. The Balaban J connectivity index is 1.48. The molecule has 0 saturated carbocycles. The van der Waals surface area contributed by atoms with Crippen molar-refractivity contribution in [3.05, 3.63) is 129 Å². The highest BCUT2D eigenvalue weighted by Gasteiger charge is 2.15. The van der Waals surface area contributed by atoms with E-state index in [9.17, 15) is 10.1 Å². The van der Waals surface area contributed by atoms with Crippen molar-refractivity contribution < 1.29 is 14.3 Å². The third kappa shape index (κ3) is 7.64. The first-order valence-corrected chi connectivity index (χ1v) is 13.1. The number of rotatable bonds is 10. The first-order valence-electron chi connectivity index (χ1n) is 12.4. The normalized spacial score (nSPS) is 11.0. The monoisotopic (exact) mass is 556 g/mol. The third-order valence-electron chi connectivity index (χ3n) is 5.84. The standard InChI is InChI=1S/C32H26Cl2N2O3/c1-2-38-31-18-23(17-30(34)28(31)19-24-10-6-7-11-29(24)33)16-25(20-35)32(37)36-26-12-14-27(15-13-26)39-21-22-8-4-3-5-9-22/h3-18H,2,19,21H2,1H3,(H,36,37)/b25-16+. The van der Waals surface area contributed by atoms with Crippen LogP contribution >= 0.6 is 23.2 Å². The van der Waals surface area contributed by atoms with E-state index >= 15 is 0 Å². The molecule has 39 heavy (non-hydrogen) atoms. The maximum absolute atomic E-state index is 12.9. The minimum Gasteiger partial charge on any atom is -0.494 e. The number of hydrogen-bond acceptors (Lipinski definition) is 4. The molecule has 0 fully saturated rings. The minimum atomic E-state index is -0.537. The fraction of sp³-hybridized carbons (Fsp3) is 0.125. The van der Waals surface area contributed by atoms with Gasteiger partial charge in [0.1, 0.15) is 29.7 Å². The van der Waals surface area contributed by atoms with Gasteiger partial charge in [-0.3, -0.25) is 4.79 Å². The van der Waals surface area contributed by atoms with Crippen LogP contribution in [0.5, 0.6) is 11.5 Å². The number of nitriles is 1. The van der Waals surface area contributed by atoms with Gasteiger partial charge in [0.2, 0.25) is 0 Å². The average molecular weight is 557 g/mol. The van der Waals surface area contributed by atoms with E-state index in [0.29, 0.717) is 52.4 Å². The van der Waals surface area contributed by atoms with Gasteiger partial charge in [0, 0.05) is 27.7 Å². The summed E-state index contributed by atoms with van der Waals surface area (Å²) in [5.74, 6) is 0.701. The largest absolute Gasteiger partial charge is 0.494 e. The maximum Gasteiger partial charge on any atom is 0.266 e. The van der Waals surface area contributed by atoms with Crippen molar-refractivity contribution in [3.63, 3.8) is 0 Å². The van der Waals surface area contributed by atoms with Crippen molar-refractivity contribution >= 4 is 40.9 Å². The summed E-state index contributed by atoms with van der Waals surface area (Å²) in [6.07, 6.45) is 1.97. The highest BCUT2D eigenvalue weighted by atomic mass is 35.5. The van der Waals surface area contributed by atoms with Crippen LogP contribution < -0.4 is 14.8 Å². The molecule has 0 spiro atoms. The number of amides is 1. The van der Waals surface area contributed by atoms with Crippen molar-refractivity contribution in [1.29, 1.82) is 5.26 Å². The highest BCUT2D eigenvalue weighted by Crippen LogP contribution is 2.33. The molecule has 4 aromatic rings. The summed E-state index contributed by atoms with van der Waals surface area (Å²) in [6, 6.07) is 29.8. The molecular formula is C32H26Cl2N2O3. The van der Waals surface area contributed by atoms with E-state index in [-0.39, 0.29) is 5.57 Å². The molecule has 0 aliphatic rings. The Morgan fingerprint density at radius 2 is 1.64 bits per heavy atom. The van der Waals surface area contributed by atoms with E-state index < -0.39 is 5.91 Å². The zero-order valence-electron chi connectivity index (χ0n) is 21.3. The molecule has 0 atom stereocenters. The van der Waals surface area contributed by atoms with Crippen molar-refractivity contribution in [1.82, 2.24) is 0 Å². The zero-order valence-corrected chi connectivity index (χ0v) is 22.8. The number of benzene rings is 4. The van der Waals surface area contributed by atoms with Crippen molar-refractivity contribution in [2.75, 3.05) is 11.9 Å². The number of hydrogen-bond donors (Lipinski definition) is 1. The molecule has 0 aliphatic carbocycles. The number of nitrogens with one attached hydrogen (secondary N) is 1. The Bertz CT molecular complexity index is 1510. The van der Waals surface area contributed by atoms with E-state index in [0.717, 1.165) is 16.7 Å². The Labute approximate surface area is 238 Å². The summed E-state index contributed by atoms with van der Waals surface area (Å²) in [6.45, 7) is 2.74. The molecule has 0 radical (unpaired) electrons. The summed E-state index contributed by atoms with van der Waals surface area (Å²) in [4.78, 5) is 12.9. The summed E-state index contributed by atoms with van der Waals surface area (Å²) >= 11 is 13.0. The second kappa shape index (κ2) is 13.5. The van der Waals surface area contributed by atoms with Gasteiger partial charge >= 0.3 is 0 Å². The zero-order chi connectivity index (χ0) is 27.6. The first kappa shape index (κ1) is 27.8. The third-order valence-corrected chi connectivity index (χ3v) is 6.54. The van der Waals surface area contributed by atoms with E-state index in [2.05, 4.69) is 5.32 Å². The van der Waals surface area contributed by atoms with Crippen LogP contribution in [0.3, 0.4) is 0 Å². The molecule has 196 valence electrons. The van der Waals surface area contributed by atoms with Crippen LogP contribution in [0.1, 0.15) is 29.2 Å². The predicted octanol–water partition coefficient (Wildman–Crippen LogP) is 8.11. The van der Waals surface area contributed by atoms with Gasteiger partial charge in [0.05, 0.1) is 6.61 Å². The minimum absolute atomic E-state index is 0.0724. The summed E-state index contributed by atoms with van der Waals surface area (Å²) in [5, 5.41) is 13.5. The van der Waals surface area contributed by atoms with Crippen LogP contribution in [-0.2, 0) is 17.8 Å². The van der Waals surface area contributed by atoms with Crippen molar-refractivity contribution in [2.45, 2.75) is 20.0 Å². The lowest BCUT2D eigenvalue weighted by atomic mass is 10.0. The fourth-order valence-electron chi connectivity index (χ4n) is 3.89. The number of halogens is 2. The molecule has 1 amide bonds. The number of carbonyl (C=O) groups is 1. The molecular weight excluding hydrogens is 531 g/mol. The lowest BCUT2D eigenvalue weighted by Crippen LogP contribution is -2.13. The molecule has 0 aliphatic heterocycles. The second-order valence-corrected chi connectivity index (χ2v) is 9.42. The maximum atomic E-state index is 12.9. The van der Waals surface area contributed by atoms with Crippen LogP contribution in [0.15, 0.2) is 96.6 Å². The Morgan fingerprint density at radius 3 is 2.33 bits per heavy atom. The summed E-state index contributed by atoms with van der Waals surface area (Å²) < 4.78 is 11.6. The van der Waals surface area contributed by atoms with Gasteiger partial charge < -0.3 is 14.8 Å². The van der Waals surface area contributed by atoms with E-state index in [1.165, 1.54) is 6.08 Å². The lowest BCUT2D eigenvalue weighted by molar-refractivity contribution is -0.112. The quantitative estimate of drug-likeness (QED) is 0.158. The molecule has 1 N–H and O–H groups in total. The highest BCUT2D eigenvalue weighted by molar-refractivity contribution is 6.32. The molecule has 5 nitrogen and oxygen atoms in total. The van der Waals surface area contributed by atoms with Gasteiger partial charge in [0.25, 0.3) is 5.91 Å². The topological polar surface area (TPSA) is 71.3 Å². The van der Waals surface area contributed by atoms with E-state index in [1.54, 1.807) is 36.4 Å². The van der Waals surface area contributed by atoms with Crippen LogP contribution in [0.4, 0.5) is 5.69 Å². The molecule has 0 heterocycles. The number of nitrogens with zero attached hydrogens (tertiary/aromatic N) is 1. The summed E-state index contributed by atoms with van der Waals surface area (Å²) in [5.41, 5.74) is 3.79. The van der Waals surface area contributed by atoms with E-state index in [1.807, 2.05) is 67.6 Å². The molecule has 4 aromatic carbocycles. The number of ether oxygens (including phenoxy) is 2. The van der Waals surface area contributed by atoms with Gasteiger partial charge in [-0.1, -0.05) is 71.7 Å². The van der Waals surface area contributed by atoms with Gasteiger partial charge in [-0.05, 0) is 72.2 Å². The molecule has 4 rings (SSSR count). The van der Waals surface area contributed by atoms with Gasteiger partial charge in [-0.25, -0.2) is 0 Å². The molecule has 7 heteroatoms. The number of anilines is 1. The molecule has 0 saturated heterocycles. The van der Waals surface area contributed by atoms with Gasteiger partial charge in [-0.2, -0.15) is 5.26 Å². The van der Waals surface area contributed by atoms with E-state index in [4.69, 9.17) is 32.7 Å². The first-order chi connectivity index (χ1) is 19.0. The second-order valence-electron chi connectivity index (χ2n) is 8.60. The summed E-state index contributed by atoms with van der Waals surface area (Å²) in [7, 11) is 0. The van der Waals surface area contributed by atoms with Crippen LogP contribution in [0.25, 0.3) is 6.08 Å². The molecule has 0 aromatic heterocycles. The predicted molar refractivity (Wildman–Crippen MR) is 156 cm³/mol. The smallest absolute Gasteiger partial charge is 0.266 e. The van der Waals surface area contributed by atoms with Gasteiger partial charge in [0.15, 0.2) is 0 Å². The SMILES string of the molecule is CCOc1cc(/C=C(\C#N)C(=O)Nc2ccc(OCc3ccccc3)cc2)cc(Cl)c1Cc1ccccc1Cl. The van der Waals surface area contributed by atoms with Crippen LogP contribution in [-0.4, -0.2) is 12.5 Å². The van der Waals surface area contributed by atoms with Crippen LogP contribution in [0, 0.1) is 11.3 Å². The lowest BCUT2D eigenvalue weighted by Gasteiger charge is -2.14. The van der Waals surface area contributed by atoms with Crippen molar-refractivity contribution in [3.8, 4) is 17.6 Å². The Morgan fingerprint density at radius 1 is 0.923 bits per heavy atom. The fourth-order valence-corrected chi connectivity index (χ4v) is 4.38. The van der Waals surface area contributed by atoms with Gasteiger partial charge in [-0.15, -0.1) is 0 Å². The Kier molecular flexibility index (Phi) is 9.64. The average Bonchev–Trinajstić information content (AvgIpc) is 2.95. The Hall–Kier alpha value is -4.24. The van der Waals surface area contributed by atoms with Crippen molar-refractivity contribution in [2.24, 2.45) is 0 Å².